The maximum Gasteiger partial charge on any atom is 0.176 e. The summed E-state index contributed by atoms with van der Waals surface area (Å²) in [5.41, 5.74) is 4.47. The first-order valence-corrected chi connectivity index (χ1v) is 9.20. The SMILES string of the molecule is O=C(CN1CCN(c2ccc(Cl)cc2)CC1)c1ccc2c(c1)CCN2. The number of piperazine rings is 1. The molecule has 0 unspecified atom stereocenters. The van der Waals surface area contributed by atoms with Crippen molar-refractivity contribution >= 4 is 28.8 Å². The Kier molecular flexibility index (Phi) is 4.64. The molecule has 25 heavy (non-hydrogen) atoms. The van der Waals surface area contributed by atoms with E-state index in [0.29, 0.717) is 6.54 Å². The highest BCUT2D eigenvalue weighted by Gasteiger charge is 2.20. The molecule has 2 aliphatic rings. The lowest BCUT2D eigenvalue weighted by Crippen LogP contribution is -2.48. The zero-order valence-corrected chi connectivity index (χ0v) is 14.9. The van der Waals surface area contributed by atoms with Crippen LogP contribution in [-0.4, -0.2) is 50.0 Å². The number of fused-ring (bicyclic) bond motifs is 1. The number of rotatable bonds is 4. The molecule has 0 atom stereocenters. The van der Waals surface area contributed by atoms with Crippen LogP contribution in [0.4, 0.5) is 11.4 Å². The van der Waals surface area contributed by atoms with Gasteiger partial charge in [0.05, 0.1) is 6.54 Å². The van der Waals surface area contributed by atoms with Crippen LogP contribution in [0.15, 0.2) is 42.5 Å². The summed E-state index contributed by atoms with van der Waals surface area (Å²) in [6, 6.07) is 14.0. The molecule has 0 radical (unpaired) electrons. The van der Waals surface area contributed by atoms with Gasteiger partial charge in [0, 0.05) is 54.7 Å². The molecule has 1 fully saturated rings. The number of hydrogen-bond acceptors (Lipinski definition) is 4. The Morgan fingerprint density at radius 1 is 1.04 bits per heavy atom. The number of carbonyl (C=O) groups excluding carboxylic acids is 1. The highest BCUT2D eigenvalue weighted by atomic mass is 35.5. The summed E-state index contributed by atoms with van der Waals surface area (Å²) >= 11 is 5.96. The molecule has 4 rings (SSSR count). The maximum atomic E-state index is 12.6. The van der Waals surface area contributed by atoms with E-state index in [-0.39, 0.29) is 5.78 Å². The third-order valence-corrected chi connectivity index (χ3v) is 5.32. The largest absolute Gasteiger partial charge is 0.384 e. The summed E-state index contributed by atoms with van der Waals surface area (Å²) < 4.78 is 0. The van der Waals surface area contributed by atoms with Gasteiger partial charge in [-0.3, -0.25) is 9.69 Å². The third kappa shape index (κ3) is 3.65. The minimum absolute atomic E-state index is 0.217. The van der Waals surface area contributed by atoms with Crippen molar-refractivity contribution in [3.63, 3.8) is 0 Å². The van der Waals surface area contributed by atoms with E-state index in [2.05, 4.69) is 33.3 Å². The Hall–Kier alpha value is -2.04. The molecule has 130 valence electrons. The number of nitrogens with zero attached hydrogens (tertiary/aromatic N) is 2. The average Bonchev–Trinajstić information content (AvgIpc) is 3.11. The lowest BCUT2D eigenvalue weighted by molar-refractivity contribution is 0.0926. The van der Waals surface area contributed by atoms with E-state index in [1.165, 1.54) is 16.9 Å². The normalized spacial score (nSPS) is 17.2. The van der Waals surface area contributed by atoms with Crippen LogP contribution >= 0.6 is 11.6 Å². The number of anilines is 2. The monoisotopic (exact) mass is 355 g/mol. The van der Waals surface area contributed by atoms with Crippen LogP contribution < -0.4 is 10.2 Å². The van der Waals surface area contributed by atoms with Crippen molar-refractivity contribution in [3.8, 4) is 0 Å². The highest BCUT2D eigenvalue weighted by molar-refractivity contribution is 6.30. The topological polar surface area (TPSA) is 35.6 Å². The van der Waals surface area contributed by atoms with E-state index in [0.717, 1.165) is 49.7 Å². The number of benzene rings is 2. The molecule has 2 aliphatic heterocycles. The fourth-order valence-electron chi connectivity index (χ4n) is 3.59. The summed E-state index contributed by atoms with van der Waals surface area (Å²) in [5.74, 6) is 0.217. The van der Waals surface area contributed by atoms with E-state index in [1.807, 2.05) is 24.3 Å². The quantitative estimate of drug-likeness (QED) is 0.853. The molecule has 0 spiro atoms. The maximum absolute atomic E-state index is 12.6. The number of Topliss-reactive ketones (excluding diaryl/α,β-unsaturated/α-hetero) is 1. The van der Waals surface area contributed by atoms with Crippen LogP contribution in [0.25, 0.3) is 0 Å². The van der Waals surface area contributed by atoms with Crippen LogP contribution in [0, 0.1) is 0 Å². The lowest BCUT2D eigenvalue weighted by Gasteiger charge is -2.35. The van der Waals surface area contributed by atoms with Gasteiger partial charge in [-0.05, 0) is 54.4 Å². The first-order valence-electron chi connectivity index (χ1n) is 8.82. The fourth-order valence-corrected chi connectivity index (χ4v) is 3.71. The molecule has 2 aromatic rings. The number of halogens is 1. The van der Waals surface area contributed by atoms with Crippen LogP contribution in [0.1, 0.15) is 15.9 Å². The minimum atomic E-state index is 0.217. The molecule has 1 N–H and O–H groups in total. The molecule has 5 heteroatoms. The molecule has 4 nitrogen and oxygen atoms in total. The molecule has 0 aromatic heterocycles. The van der Waals surface area contributed by atoms with Gasteiger partial charge < -0.3 is 10.2 Å². The first-order chi connectivity index (χ1) is 12.2. The molecule has 0 bridgehead atoms. The Labute approximate surface area is 153 Å². The van der Waals surface area contributed by atoms with Crippen LogP contribution in [-0.2, 0) is 6.42 Å². The summed E-state index contributed by atoms with van der Waals surface area (Å²) in [4.78, 5) is 17.2. The molecule has 2 heterocycles. The molecular weight excluding hydrogens is 334 g/mol. The number of hydrogen-bond donors (Lipinski definition) is 1. The van der Waals surface area contributed by atoms with Gasteiger partial charge in [-0.1, -0.05) is 11.6 Å². The number of nitrogens with one attached hydrogen (secondary N) is 1. The number of carbonyl (C=O) groups is 1. The smallest absolute Gasteiger partial charge is 0.176 e. The third-order valence-electron chi connectivity index (χ3n) is 5.07. The highest BCUT2D eigenvalue weighted by Crippen LogP contribution is 2.24. The van der Waals surface area contributed by atoms with Crippen molar-refractivity contribution in [1.82, 2.24) is 4.90 Å². The van der Waals surface area contributed by atoms with Crippen molar-refractivity contribution < 1.29 is 4.79 Å². The van der Waals surface area contributed by atoms with E-state index in [4.69, 9.17) is 11.6 Å². The summed E-state index contributed by atoms with van der Waals surface area (Å²) in [6.07, 6.45) is 1.01. The standard InChI is InChI=1S/C20H22ClN3O/c21-17-2-4-18(5-3-17)24-11-9-23(10-12-24)14-20(25)16-1-6-19-15(13-16)7-8-22-19/h1-6,13,22H,7-12,14H2. The van der Waals surface area contributed by atoms with E-state index < -0.39 is 0 Å². The zero-order chi connectivity index (χ0) is 17.2. The second kappa shape index (κ2) is 7.06. The van der Waals surface area contributed by atoms with Gasteiger partial charge in [-0.25, -0.2) is 0 Å². The first kappa shape index (κ1) is 16.4. The predicted octanol–water partition coefficient (Wildman–Crippen LogP) is 3.31. The van der Waals surface area contributed by atoms with Gasteiger partial charge in [-0.2, -0.15) is 0 Å². The summed E-state index contributed by atoms with van der Waals surface area (Å²) in [7, 11) is 0. The summed E-state index contributed by atoms with van der Waals surface area (Å²) in [5, 5.41) is 4.10. The van der Waals surface area contributed by atoms with Gasteiger partial charge in [0.1, 0.15) is 0 Å². The molecule has 2 aromatic carbocycles. The van der Waals surface area contributed by atoms with E-state index in [1.54, 1.807) is 0 Å². The van der Waals surface area contributed by atoms with Gasteiger partial charge >= 0.3 is 0 Å². The Morgan fingerprint density at radius 3 is 2.56 bits per heavy atom. The lowest BCUT2D eigenvalue weighted by atomic mass is 10.0. The Balaban J connectivity index is 1.34. The van der Waals surface area contributed by atoms with E-state index in [9.17, 15) is 4.79 Å². The second-order valence-corrected chi connectivity index (χ2v) is 7.15. The predicted molar refractivity (Wildman–Crippen MR) is 103 cm³/mol. The van der Waals surface area contributed by atoms with Crippen molar-refractivity contribution in [2.75, 3.05) is 49.5 Å². The Morgan fingerprint density at radius 2 is 1.80 bits per heavy atom. The van der Waals surface area contributed by atoms with Gasteiger partial charge in [0.15, 0.2) is 5.78 Å². The van der Waals surface area contributed by atoms with Crippen molar-refractivity contribution in [2.24, 2.45) is 0 Å². The number of ketones is 1. The van der Waals surface area contributed by atoms with Crippen LogP contribution in [0.5, 0.6) is 0 Å². The van der Waals surface area contributed by atoms with Crippen molar-refractivity contribution in [3.05, 3.63) is 58.6 Å². The van der Waals surface area contributed by atoms with Crippen LogP contribution in [0.2, 0.25) is 5.02 Å². The van der Waals surface area contributed by atoms with Gasteiger partial charge in [-0.15, -0.1) is 0 Å². The van der Waals surface area contributed by atoms with Crippen LogP contribution in [0.3, 0.4) is 0 Å². The van der Waals surface area contributed by atoms with Crippen molar-refractivity contribution in [1.29, 1.82) is 0 Å². The molecule has 0 saturated carbocycles. The second-order valence-electron chi connectivity index (χ2n) is 6.71. The van der Waals surface area contributed by atoms with Crippen molar-refractivity contribution in [2.45, 2.75) is 6.42 Å². The average molecular weight is 356 g/mol. The molecular formula is C20H22ClN3O. The summed E-state index contributed by atoms with van der Waals surface area (Å²) in [6.45, 7) is 5.15. The molecule has 0 amide bonds. The van der Waals surface area contributed by atoms with E-state index >= 15 is 0 Å². The Bertz CT molecular complexity index is 767. The fraction of sp³-hybridized carbons (Fsp3) is 0.350. The minimum Gasteiger partial charge on any atom is -0.384 e. The molecule has 0 aliphatic carbocycles. The molecule has 1 saturated heterocycles. The van der Waals surface area contributed by atoms with Gasteiger partial charge in [0.25, 0.3) is 0 Å². The zero-order valence-electron chi connectivity index (χ0n) is 14.2. The van der Waals surface area contributed by atoms with Gasteiger partial charge in [0.2, 0.25) is 0 Å².